The first-order valence-electron chi connectivity index (χ1n) is 13.6. The number of aryl methyl sites for hydroxylation is 3. The van der Waals surface area contributed by atoms with Crippen LogP contribution in [0.4, 0.5) is 17.5 Å². The topological polar surface area (TPSA) is 116 Å². The van der Waals surface area contributed by atoms with Crippen LogP contribution >= 0.6 is 0 Å². The maximum absolute atomic E-state index is 13.7. The molecule has 0 bridgehead atoms. The van der Waals surface area contributed by atoms with Crippen molar-refractivity contribution in [2.24, 2.45) is 7.05 Å². The van der Waals surface area contributed by atoms with Crippen LogP contribution < -0.4 is 10.2 Å². The zero-order valence-corrected chi connectivity index (χ0v) is 23.3. The number of nitriles is 1. The minimum Gasteiger partial charge on any atom is -0.359 e. The van der Waals surface area contributed by atoms with Crippen LogP contribution in [0.5, 0.6) is 0 Å². The molecule has 42 heavy (non-hydrogen) atoms. The molecule has 0 atom stereocenters. The standard InChI is InChI=1S/C33H26N8O/c1-19-16-36-33(37-29-14-20(2)40(3)39-29)38-30(19)26-17-35-31-24(26)7-5-9-28(31)41-18-27-23(6-4-8-25(27)32(41)42)22-12-10-21(15-34)11-13-22/h4-14,16-17,35H,18H2,1-3H3,(H,36,37,38,39). The molecule has 0 spiro atoms. The maximum Gasteiger partial charge on any atom is 0.259 e. The summed E-state index contributed by atoms with van der Waals surface area (Å²) < 4.78 is 1.80. The summed E-state index contributed by atoms with van der Waals surface area (Å²) in [4.78, 5) is 28.3. The Balaban J connectivity index is 1.25. The van der Waals surface area contributed by atoms with Crippen LogP contribution in [-0.2, 0) is 13.6 Å². The van der Waals surface area contributed by atoms with Gasteiger partial charge in [0, 0.05) is 47.7 Å². The smallest absolute Gasteiger partial charge is 0.259 e. The predicted molar refractivity (Wildman–Crippen MR) is 162 cm³/mol. The van der Waals surface area contributed by atoms with E-state index in [1.54, 1.807) is 23.0 Å². The summed E-state index contributed by atoms with van der Waals surface area (Å²) in [6, 6.07) is 23.4. The SMILES string of the molecule is Cc1cnc(Nc2cc(C)n(C)n2)nc1-c1c[nH]c2c(N3Cc4c(cccc4-c4ccc(C#N)cc4)C3=O)cccc12. The monoisotopic (exact) mass is 550 g/mol. The fraction of sp³-hybridized carbons (Fsp3) is 0.121. The van der Waals surface area contributed by atoms with Crippen LogP contribution in [0.1, 0.15) is 32.7 Å². The van der Waals surface area contributed by atoms with Gasteiger partial charge >= 0.3 is 0 Å². The van der Waals surface area contributed by atoms with E-state index >= 15 is 0 Å². The molecule has 4 heterocycles. The van der Waals surface area contributed by atoms with Crippen molar-refractivity contribution in [3.8, 4) is 28.5 Å². The fourth-order valence-electron chi connectivity index (χ4n) is 5.59. The molecular weight excluding hydrogens is 524 g/mol. The molecule has 1 aliphatic rings. The van der Waals surface area contributed by atoms with Gasteiger partial charge in [-0.05, 0) is 60.4 Å². The third-order valence-electron chi connectivity index (χ3n) is 7.86. The van der Waals surface area contributed by atoms with Gasteiger partial charge in [0.25, 0.3) is 5.91 Å². The first-order chi connectivity index (χ1) is 20.4. The Morgan fingerprint density at radius 3 is 2.55 bits per heavy atom. The molecule has 6 aromatic rings. The average Bonchev–Trinajstić information content (AvgIpc) is 3.68. The maximum atomic E-state index is 13.7. The van der Waals surface area contributed by atoms with Crippen molar-refractivity contribution < 1.29 is 4.79 Å². The Morgan fingerprint density at radius 1 is 1.00 bits per heavy atom. The number of hydrogen-bond acceptors (Lipinski definition) is 6. The van der Waals surface area contributed by atoms with Gasteiger partial charge in [0.05, 0.1) is 35.1 Å². The zero-order valence-electron chi connectivity index (χ0n) is 23.3. The third kappa shape index (κ3) is 4.09. The molecule has 3 aromatic heterocycles. The highest BCUT2D eigenvalue weighted by atomic mass is 16.2. The van der Waals surface area contributed by atoms with Crippen LogP contribution in [0.2, 0.25) is 0 Å². The van der Waals surface area contributed by atoms with Crippen molar-refractivity contribution in [3.63, 3.8) is 0 Å². The average molecular weight is 551 g/mol. The third-order valence-corrected chi connectivity index (χ3v) is 7.86. The van der Waals surface area contributed by atoms with Crippen LogP contribution in [0.15, 0.2) is 79.1 Å². The van der Waals surface area contributed by atoms with Crippen LogP contribution in [0.3, 0.4) is 0 Å². The summed E-state index contributed by atoms with van der Waals surface area (Å²) in [6.45, 7) is 4.42. The van der Waals surface area contributed by atoms with Gasteiger partial charge < -0.3 is 15.2 Å². The molecule has 0 saturated heterocycles. The van der Waals surface area contributed by atoms with Crippen molar-refractivity contribution in [2.75, 3.05) is 10.2 Å². The highest BCUT2D eigenvalue weighted by Crippen LogP contribution is 2.40. The number of rotatable bonds is 5. The summed E-state index contributed by atoms with van der Waals surface area (Å²) in [7, 11) is 1.89. The van der Waals surface area contributed by atoms with Gasteiger partial charge in [-0.3, -0.25) is 9.48 Å². The second-order valence-electron chi connectivity index (χ2n) is 10.5. The summed E-state index contributed by atoms with van der Waals surface area (Å²) in [5, 5.41) is 17.8. The number of para-hydroxylation sites is 1. The normalized spacial score (nSPS) is 12.5. The van der Waals surface area contributed by atoms with Gasteiger partial charge in [0.15, 0.2) is 5.82 Å². The molecule has 7 rings (SSSR count). The highest BCUT2D eigenvalue weighted by molar-refractivity contribution is 6.15. The van der Waals surface area contributed by atoms with E-state index in [1.165, 1.54) is 0 Å². The molecule has 0 radical (unpaired) electrons. The molecule has 3 aromatic carbocycles. The van der Waals surface area contributed by atoms with Crippen LogP contribution in [0, 0.1) is 25.2 Å². The van der Waals surface area contributed by atoms with E-state index in [9.17, 15) is 10.1 Å². The molecule has 0 unspecified atom stereocenters. The van der Waals surface area contributed by atoms with E-state index in [0.29, 0.717) is 29.4 Å². The van der Waals surface area contributed by atoms with Crippen molar-refractivity contribution in [1.29, 1.82) is 5.26 Å². The molecule has 9 heteroatoms. The number of benzene rings is 3. The molecule has 0 aliphatic carbocycles. The van der Waals surface area contributed by atoms with Crippen molar-refractivity contribution in [2.45, 2.75) is 20.4 Å². The lowest BCUT2D eigenvalue weighted by Gasteiger charge is -2.17. The molecule has 0 saturated carbocycles. The van der Waals surface area contributed by atoms with Crippen LogP contribution in [0.25, 0.3) is 33.3 Å². The van der Waals surface area contributed by atoms with E-state index < -0.39 is 0 Å². The van der Waals surface area contributed by atoms with Gasteiger partial charge in [0.1, 0.15) is 0 Å². The molecule has 0 fully saturated rings. The second-order valence-corrected chi connectivity index (χ2v) is 10.5. The van der Waals surface area contributed by atoms with Crippen molar-refractivity contribution in [3.05, 3.63) is 107 Å². The fourth-order valence-corrected chi connectivity index (χ4v) is 5.59. The summed E-state index contributed by atoms with van der Waals surface area (Å²) in [5.41, 5.74) is 9.58. The zero-order chi connectivity index (χ0) is 29.0. The Morgan fingerprint density at radius 2 is 1.79 bits per heavy atom. The number of fused-ring (bicyclic) bond motifs is 2. The van der Waals surface area contributed by atoms with Gasteiger partial charge in [0.2, 0.25) is 5.95 Å². The van der Waals surface area contributed by atoms with Gasteiger partial charge in [-0.25, -0.2) is 9.97 Å². The lowest BCUT2D eigenvalue weighted by atomic mass is 9.96. The molecule has 2 N–H and O–H groups in total. The number of aromatic nitrogens is 5. The summed E-state index contributed by atoms with van der Waals surface area (Å²) in [5.74, 6) is 1.10. The van der Waals surface area contributed by atoms with E-state index in [-0.39, 0.29) is 5.91 Å². The Labute approximate surface area is 242 Å². The van der Waals surface area contributed by atoms with E-state index in [4.69, 9.17) is 4.98 Å². The largest absolute Gasteiger partial charge is 0.359 e. The first-order valence-corrected chi connectivity index (χ1v) is 13.6. The molecule has 204 valence electrons. The van der Waals surface area contributed by atoms with Gasteiger partial charge in [-0.1, -0.05) is 36.4 Å². The predicted octanol–water partition coefficient (Wildman–Crippen LogP) is 6.42. The van der Waals surface area contributed by atoms with E-state index in [2.05, 4.69) is 26.5 Å². The Bertz CT molecular complexity index is 2040. The van der Waals surface area contributed by atoms with Crippen molar-refractivity contribution in [1.82, 2.24) is 24.7 Å². The van der Waals surface area contributed by atoms with Crippen molar-refractivity contribution >= 4 is 34.3 Å². The summed E-state index contributed by atoms with van der Waals surface area (Å²) >= 11 is 0. The number of aromatic amines is 1. The number of anilines is 3. The second kappa shape index (κ2) is 9.71. The quantitative estimate of drug-likeness (QED) is 0.256. The molecule has 9 nitrogen and oxygen atoms in total. The Hall–Kier alpha value is -5.75. The van der Waals surface area contributed by atoms with E-state index in [1.807, 2.05) is 86.6 Å². The number of amides is 1. The number of carbonyl (C=O) groups excluding carboxylic acids is 1. The van der Waals surface area contributed by atoms with E-state index in [0.717, 1.165) is 55.8 Å². The number of nitrogens with zero attached hydrogens (tertiary/aromatic N) is 6. The number of hydrogen-bond donors (Lipinski definition) is 2. The Kier molecular flexibility index (Phi) is 5.84. The molecule has 1 aliphatic heterocycles. The molecule has 1 amide bonds. The van der Waals surface area contributed by atoms with Gasteiger partial charge in [-0.15, -0.1) is 0 Å². The lowest BCUT2D eigenvalue weighted by Crippen LogP contribution is -2.23. The minimum atomic E-state index is -0.0421. The molecular formula is C33H26N8O. The minimum absolute atomic E-state index is 0.0421. The number of H-pyrrole nitrogens is 1. The highest BCUT2D eigenvalue weighted by Gasteiger charge is 2.32. The lowest BCUT2D eigenvalue weighted by molar-refractivity contribution is 0.0997. The number of carbonyl (C=O) groups is 1. The van der Waals surface area contributed by atoms with Gasteiger partial charge in [-0.2, -0.15) is 10.4 Å². The van der Waals surface area contributed by atoms with Crippen LogP contribution in [-0.4, -0.2) is 30.6 Å². The number of nitrogens with one attached hydrogen (secondary N) is 2. The summed E-state index contributed by atoms with van der Waals surface area (Å²) in [6.07, 6.45) is 3.74. The first kappa shape index (κ1) is 25.2.